The smallest absolute Gasteiger partial charge is 0.190 e. The van der Waals surface area contributed by atoms with Crippen LogP contribution in [0.3, 0.4) is 0 Å². The minimum atomic E-state index is -0.135. The van der Waals surface area contributed by atoms with Gasteiger partial charge in [0.15, 0.2) is 5.16 Å². The summed E-state index contributed by atoms with van der Waals surface area (Å²) in [5.41, 5.74) is 1.23. The number of fused-ring (bicyclic) bond motifs is 3. The minimum Gasteiger partial charge on any atom is -0.376 e. The number of thiophene rings is 1. The molecule has 0 radical (unpaired) electrons. The van der Waals surface area contributed by atoms with Gasteiger partial charge >= 0.3 is 0 Å². The number of nitrogens with zero attached hydrogens (tertiary/aromatic N) is 2. The summed E-state index contributed by atoms with van der Waals surface area (Å²) < 4.78 is 11.8. The Hall–Kier alpha value is -0.890. The number of nitrogens with one attached hydrogen (secondary N) is 1. The quantitative estimate of drug-likeness (QED) is 0.619. The summed E-state index contributed by atoms with van der Waals surface area (Å²) in [4.78, 5) is 12.0. The van der Waals surface area contributed by atoms with Gasteiger partial charge in [-0.25, -0.2) is 9.97 Å². The summed E-state index contributed by atoms with van der Waals surface area (Å²) in [7, 11) is 0. The van der Waals surface area contributed by atoms with Crippen LogP contribution in [0, 0.1) is 0 Å². The van der Waals surface area contributed by atoms with Crippen LogP contribution >= 0.6 is 23.1 Å². The summed E-state index contributed by atoms with van der Waals surface area (Å²) >= 11 is 3.44. The highest BCUT2D eigenvalue weighted by Crippen LogP contribution is 2.41. The van der Waals surface area contributed by atoms with Gasteiger partial charge in [-0.15, -0.1) is 11.3 Å². The number of thioether (sulfide) groups is 1. The Morgan fingerprint density at radius 2 is 2.24 bits per heavy atom. The predicted molar refractivity (Wildman–Crippen MR) is 104 cm³/mol. The molecule has 0 saturated carbocycles. The SMILES string of the molecule is CCSc1nc(NC[C@H]2CCCO2)c2c3c(sc2n1)COC(C)(C)C3. The molecule has 1 saturated heterocycles. The summed E-state index contributed by atoms with van der Waals surface area (Å²) in [6, 6.07) is 0. The van der Waals surface area contributed by atoms with E-state index >= 15 is 0 Å². The average Bonchev–Trinajstić information content (AvgIpc) is 3.19. The van der Waals surface area contributed by atoms with Gasteiger partial charge in [0.2, 0.25) is 0 Å². The molecule has 25 heavy (non-hydrogen) atoms. The summed E-state index contributed by atoms with van der Waals surface area (Å²) in [6.07, 6.45) is 3.48. The van der Waals surface area contributed by atoms with Gasteiger partial charge in [-0.05, 0) is 38.0 Å². The lowest BCUT2D eigenvalue weighted by atomic mass is 9.94. The van der Waals surface area contributed by atoms with E-state index < -0.39 is 0 Å². The maximum absolute atomic E-state index is 6.00. The van der Waals surface area contributed by atoms with E-state index in [1.54, 1.807) is 23.1 Å². The van der Waals surface area contributed by atoms with Crippen molar-refractivity contribution in [2.75, 3.05) is 24.2 Å². The zero-order valence-electron chi connectivity index (χ0n) is 15.1. The molecular formula is C18H25N3O2S2. The topological polar surface area (TPSA) is 56.3 Å². The van der Waals surface area contributed by atoms with E-state index in [0.29, 0.717) is 12.7 Å². The van der Waals surface area contributed by atoms with E-state index in [1.165, 1.54) is 15.8 Å². The standard InChI is InChI=1S/C18H25N3O2S2/c1-4-24-17-20-15(19-9-11-6-5-7-22-11)14-12-8-18(2,3)23-10-13(12)25-16(14)21-17/h11H,4-10H2,1-3H3,(H,19,20,21)/t11-/m1/s1. The highest BCUT2D eigenvalue weighted by molar-refractivity contribution is 7.99. The molecule has 2 aromatic heterocycles. The molecule has 5 nitrogen and oxygen atoms in total. The van der Waals surface area contributed by atoms with Crippen molar-refractivity contribution >= 4 is 39.1 Å². The second kappa shape index (κ2) is 7.02. The van der Waals surface area contributed by atoms with Crippen LogP contribution in [0.25, 0.3) is 10.2 Å². The maximum Gasteiger partial charge on any atom is 0.190 e. The Bertz CT molecular complexity index is 769. The number of aromatic nitrogens is 2. The van der Waals surface area contributed by atoms with E-state index in [2.05, 4.69) is 26.1 Å². The summed E-state index contributed by atoms with van der Waals surface area (Å²) in [5.74, 6) is 1.93. The lowest BCUT2D eigenvalue weighted by molar-refractivity contribution is -0.0379. The van der Waals surface area contributed by atoms with Gasteiger partial charge < -0.3 is 14.8 Å². The van der Waals surface area contributed by atoms with E-state index in [9.17, 15) is 0 Å². The van der Waals surface area contributed by atoms with Gasteiger partial charge in [0, 0.05) is 24.4 Å². The van der Waals surface area contributed by atoms with Crippen molar-refractivity contribution in [3.05, 3.63) is 10.4 Å². The molecule has 1 atom stereocenters. The van der Waals surface area contributed by atoms with Crippen LogP contribution in [0.5, 0.6) is 0 Å². The van der Waals surface area contributed by atoms with E-state index in [1.807, 2.05) is 0 Å². The highest BCUT2D eigenvalue weighted by atomic mass is 32.2. The molecule has 0 aliphatic carbocycles. The second-order valence-corrected chi connectivity index (χ2v) is 9.53. The molecule has 0 unspecified atom stereocenters. The number of ether oxygens (including phenoxy) is 2. The van der Waals surface area contributed by atoms with Gasteiger partial charge in [0.05, 0.1) is 23.7 Å². The Balaban J connectivity index is 1.73. The number of rotatable bonds is 5. The van der Waals surface area contributed by atoms with Crippen LogP contribution in [0.15, 0.2) is 5.16 Å². The first kappa shape index (κ1) is 17.5. The van der Waals surface area contributed by atoms with Crippen molar-refractivity contribution in [2.45, 2.75) is 63.5 Å². The Morgan fingerprint density at radius 1 is 1.36 bits per heavy atom. The zero-order chi connectivity index (χ0) is 17.4. The Labute approximate surface area is 156 Å². The third-order valence-corrected chi connectivity index (χ3v) is 6.53. The van der Waals surface area contributed by atoms with Crippen LogP contribution in [0.4, 0.5) is 5.82 Å². The molecule has 2 aliphatic rings. The first-order chi connectivity index (χ1) is 12.1. The number of hydrogen-bond donors (Lipinski definition) is 1. The second-order valence-electron chi connectivity index (χ2n) is 7.21. The Kier molecular flexibility index (Phi) is 4.92. The van der Waals surface area contributed by atoms with Crippen molar-refractivity contribution in [3.8, 4) is 0 Å². The van der Waals surface area contributed by atoms with Crippen LogP contribution in [0.1, 0.15) is 44.1 Å². The average molecular weight is 380 g/mol. The molecule has 2 aromatic rings. The fourth-order valence-corrected chi connectivity index (χ4v) is 5.19. The summed E-state index contributed by atoms with van der Waals surface area (Å²) in [5, 5.41) is 5.61. The Morgan fingerprint density at radius 3 is 3.00 bits per heavy atom. The van der Waals surface area contributed by atoms with E-state index in [4.69, 9.17) is 19.4 Å². The van der Waals surface area contributed by atoms with Gasteiger partial charge in [0.25, 0.3) is 0 Å². The lowest BCUT2D eigenvalue weighted by Gasteiger charge is -2.30. The fraction of sp³-hybridized carbons (Fsp3) is 0.667. The van der Waals surface area contributed by atoms with Crippen LogP contribution in [-0.2, 0) is 22.5 Å². The van der Waals surface area contributed by atoms with Crippen LogP contribution in [0.2, 0.25) is 0 Å². The van der Waals surface area contributed by atoms with Crippen molar-refractivity contribution < 1.29 is 9.47 Å². The third-order valence-electron chi connectivity index (χ3n) is 4.70. The molecule has 1 fully saturated rings. The molecule has 0 aromatic carbocycles. The molecule has 0 amide bonds. The molecule has 4 heterocycles. The monoisotopic (exact) mass is 379 g/mol. The van der Waals surface area contributed by atoms with Gasteiger partial charge in [-0.2, -0.15) is 0 Å². The van der Waals surface area contributed by atoms with Crippen LogP contribution < -0.4 is 5.32 Å². The molecule has 7 heteroatoms. The van der Waals surface area contributed by atoms with E-state index in [-0.39, 0.29) is 5.60 Å². The predicted octanol–water partition coefficient (Wildman–Crippen LogP) is 4.25. The lowest BCUT2D eigenvalue weighted by Crippen LogP contribution is -2.31. The van der Waals surface area contributed by atoms with Crippen molar-refractivity contribution in [1.82, 2.24) is 9.97 Å². The number of anilines is 1. The van der Waals surface area contributed by atoms with E-state index in [0.717, 1.165) is 54.0 Å². The van der Waals surface area contributed by atoms with Gasteiger partial charge in [0.1, 0.15) is 10.6 Å². The molecule has 4 rings (SSSR count). The van der Waals surface area contributed by atoms with Gasteiger partial charge in [-0.1, -0.05) is 18.7 Å². The normalized spacial score (nSPS) is 22.3. The van der Waals surface area contributed by atoms with Crippen molar-refractivity contribution in [3.63, 3.8) is 0 Å². The van der Waals surface area contributed by atoms with Gasteiger partial charge in [-0.3, -0.25) is 0 Å². The first-order valence-corrected chi connectivity index (χ1v) is 10.8. The molecule has 0 bridgehead atoms. The molecular weight excluding hydrogens is 354 g/mol. The molecule has 1 N–H and O–H groups in total. The maximum atomic E-state index is 6.00. The fourth-order valence-electron chi connectivity index (χ4n) is 3.46. The highest BCUT2D eigenvalue weighted by Gasteiger charge is 2.31. The van der Waals surface area contributed by atoms with Crippen molar-refractivity contribution in [2.24, 2.45) is 0 Å². The largest absolute Gasteiger partial charge is 0.376 e. The first-order valence-electron chi connectivity index (χ1n) is 9.00. The third kappa shape index (κ3) is 3.65. The van der Waals surface area contributed by atoms with Crippen LogP contribution in [-0.4, -0.2) is 40.6 Å². The molecule has 2 aliphatic heterocycles. The van der Waals surface area contributed by atoms with Crippen molar-refractivity contribution in [1.29, 1.82) is 0 Å². The molecule has 0 spiro atoms. The number of hydrogen-bond acceptors (Lipinski definition) is 7. The summed E-state index contributed by atoms with van der Waals surface area (Å²) in [6.45, 7) is 8.80. The zero-order valence-corrected chi connectivity index (χ0v) is 16.7. The molecule has 136 valence electrons. The minimum absolute atomic E-state index is 0.135.